The molecule has 0 radical (unpaired) electrons. The van der Waals surface area contributed by atoms with Crippen molar-refractivity contribution in [2.45, 2.75) is 13.3 Å². The van der Waals surface area contributed by atoms with Gasteiger partial charge in [-0.1, -0.05) is 0 Å². The van der Waals surface area contributed by atoms with E-state index in [1.165, 1.54) is 6.92 Å². The first-order chi connectivity index (χ1) is 8.92. The van der Waals surface area contributed by atoms with Gasteiger partial charge in [0.25, 0.3) is 6.43 Å². The van der Waals surface area contributed by atoms with E-state index in [2.05, 4.69) is 14.5 Å². The number of rotatable bonds is 5. The predicted octanol–water partition coefficient (Wildman–Crippen LogP) is 2.11. The lowest BCUT2D eigenvalue weighted by Crippen LogP contribution is -2.13. The lowest BCUT2D eigenvalue weighted by Gasteiger charge is -2.09. The minimum atomic E-state index is -3.10. The monoisotopic (exact) mass is 276 g/mol. The van der Waals surface area contributed by atoms with Crippen molar-refractivity contribution < 1.29 is 28.0 Å². The Balaban J connectivity index is 3.49. The minimum absolute atomic E-state index is 0.0400. The molecule has 0 unspecified atom stereocenters. The van der Waals surface area contributed by atoms with Gasteiger partial charge in [0.15, 0.2) is 5.56 Å². The van der Waals surface area contributed by atoms with Crippen LogP contribution in [0.15, 0.2) is 6.07 Å². The normalized spacial score (nSPS) is 10.4. The zero-order valence-electron chi connectivity index (χ0n) is 10.1. The molecule has 1 aromatic rings. The fourth-order valence-electron chi connectivity index (χ4n) is 1.35. The van der Waals surface area contributed by atoms with Crippen LogP contribution in [-0.2, 0) is 4.74 Å². The molecule has 0 saturated carbocycles. The van der Waals surface area contributed by atoms with Gasteiger partial charge in [-0.3, -0.25) is 0 Å². The van der Waals surface area contributed by atoms with Crippen molar-refractivity contribution in [2.24, 2.45) is 0 Å². The van der Waals surface area contributed by atoms with Gasteiger partial charge < -0.3 is 19.6 Å². The SMILES string of the molecule is CCOC(=O)c1c(C(F)F)cc([N+](=O)[O-])nc1OC. The average molecular weight is 276 g/mol. The second kappa shape index (κ2) is 6.03. The summed E-state index contributed by atoms with van der Waals surface area (Å²) in [5.41, 5.74) is -1.46. The van der Waals surface area contributed by atoms with Crippen LogP contribution in [-0.4, -0.2) is 29.6 Å². The van der Waals surface area contributed by atoms with Crippen molar-refractivity contribution in [3.05, 3.63) is 27.3 Å². The summed E-state index contributed by atoms with van der Waals surface area (Å²) in [6, 6.07) is 0.527. The number of carbonyl (C=O) groups is 1. The van der Waals surface area contributed by atoms with Gasteiger partial charge in [0.05, 0.1) is 13.7 Å². The number of methoxy groups -OCH3 is 1. The summed E-state index contributed by atoms with van der Waals surface area (Å²) < 4.78 is 35.0. The summed E-state index contributed by atoms with van der Waals surface area (Å²) in [5, 5.41) is 10.6. The van der Waals surface area contributed by atoms with Crippen molar-refractivity contribution in [1.29, 1.82) is 0 Å². The van der Waals surface area contributed by atoms with Gasteiger partial charge in [0, 0.05) is 16.6 Å². The molecule has 0 aliphatic rings. The fourth-order valence-corrected chi connectivity index (χ4v) is 1.35. The summed E-state index contributed by atoms with van der Waals surface area (Å²) in [7, 11) is 1.06. The Kier molecular flexibility index (Phi) is 4.67. The molecular weight excluding hydrogens is 266 g/mol. The summed E-state index contributed by atoms with van der Waals surface area (Å²) in [4.78, 5) is 24.6. The number of pyridine rings is 1. The Bertz CT molecular complexity index is 507. The van der Waals surface area contributed by atoms with Crippen molar-refractivity contribution in [3.63, 3.8) is 0 Å². The maximum Gasteiger partial charge on any atom is 0.368 e. The lowest BCUT2D eigenvalue weighted by molar-refractivity contribution is -0.389. The number of halogens is 2. The molecule has 0 aliphatic heterocycles. The van der Waals surface area contributed by atoms with E-state index in [9.17, 15) is 23.7 Å². The summed E-state index contributed by atoms with van der Waals surface area (Å²) >= 11 is 0. The molecule has 1 aromatic heterocycles. The van der Waals surface area contributed by atoms with Crippen LogP contribution in [0.2, 0.25) is 0 Å². The quantitative estimate of drug-likeness (QED) is 0.464. The molecule has 0 bridgehead atoms. The van der Waals surface area contributed by atoms with E-state index in [0.29, 0.717) is 6.07 Å². The van der Waals surface area contributed by atoms with Crippen molar-refractivity contribution in [3.8, 4) is 5.88 Å². The number of esters is 1. The molecule has 0 aromatic carbocycles. The van der Waals surface area contributed by atoms with Crippen LogP contribution in [0.4, 0.5) is 14.6 Å². The predicted molar refractivity (Wildman–Crippen MR) is 58.4 cm³/mol. The second-order valence-corrected chi connectivity index (χ2v) is 3.23. The summed E-state index contributed by atoms with van der Waals surface area (Å²) in [5.74, 6) is -2.47. The summed E-state index contributed by atoms with van der Waals surface area (Å²) in [6.07, 6.45) is -3.10. The number of ether oxygens (including phenoxy) is 2. The molecule has 0 N–H and O–H groups in total. The smallest absolute Gasteiger partial charge is 0.368 e. The second-order valence-electron chi connectivity index (χ2n) is 3.23. The largest absolute Gasteiger partial charge is 0.462 e. The Hall–Kier alpha value is -2.32. The highest BCUT2D eigenvalue weighted by atomic mass is 19.3. The highest BCUT2D eigenvalue weighted by Crippen LogP contribution is 2.32. The third-order valence-corrected chi connectivity index (χ3v) is 2.10. The number of alkyl halides is 2. The lowest BCUT2D eigenvalue weighted by atomic mass is 10.1. The first-order valence-electron chi connectivity index (χ1n) is 5.10. The Labute approximate surface area is 106 Å². The van der Waals surface area contributed by atoms with Crippen LogP contribution >= 0.6 is 0 Å². The molecule has 0 amide bonds. The molecule has 104 valence electrons. The third kappa shape index (κ3) is 3.12. The van der Waals surface area contributed by atoms with E-state index < -0.39 is 40.1 Å². The number of hydrogen-bond acceptors (Lipinski definition) is 6. The molecule has 1 rings (SSSR count). The highest BCUT2D eigenvalue weighted by Gasteiger charge is 2.31. The first-order valence-corrected chi connectivity index (χ1v) is 5.10. The Morgan fingerprint density at radius 2 is 2.21 bits per heavy atom. The fraction of sp³-hybridized carbons (Fsp3) is 0.400. The van der Waals surface area contributed by atoms with E-state index in [4.69, 9.17) is 0 Å². The van der Waals surface area contributed by atoms with E-state index in [0.717, 1.165) is 7.11 Å². The zero-order valence-corrected chi connectivity index (χ0v) is 10.1. The Morgan fingerprint density at radius 1 is 1.58 bits per heavy atom. The van der Waals surface area contributed by atoms with Crippen LogP contribution in [0.1, 0.15) is 29.3 Å². The summed E-state index contributed by atoms with van der Waals surface area (Å²) in [6.45, 7) is 1.45. The van der Waals surface area contributed by atoms with E-state index in [1.807, 2.05) is 0 Å². The highest BCUT2D eigenvalue weighted by molar-refractivity contribution is 5.94. The number of hydrogen-bond donors (Lipinski definition) is 0. The number of nitrogens with zero attached hydrogens (tertiary/aromatic N) is 2. The molecule has 0 saturated heterocycles. The molecule has 7 nitrogen and oxygen atoms in total. The number of aromatic nitrogens is 1. The average Bonchev–Trinajstić information content (AvgIpc) is 2.36. The van der Waals surface area contributed by atoms with Gasteiger partial charge in [0.2, 0.25) is 0 Å². The molecule has 0 fully saturated rings. The molecule has 0 aliphatic carbocycles. The van der Waals surface area contributed by atoms with E-state index >= 15 is 0 Å². The molecule has 0 spiro atoms. The van der Waals surface area contributed by atoms with Crippen LogP contribution in [0.25, 0.3) is 0 Å². The van der Waals surface area contributed by atoms with Crippen molar-refractivity contribution in [2.75, 3.05) is 13.7 Å². The topological polar surface area (TPSA) is 91.6 Å². The molecule has 9 heteroatoms. The molecule has 19 heavy (non-hydrogen) atoms. The van der Waals surface area contributed by atoms with E-state index in [1.54, 1.807) is 0 Å². The van der Waals surface area contributed by atoms with Gasteiger partial charge in [-0.15, -0.1) is 0 Å². The van der Waals surface area contributed by atoms with Gasteiger partial charge in [-0.25, -0.2) is 13.6 Å². The standard InChI is InChI=1S/C10H10F2N2O5/c1-3-19-10(15)7-5(8(11)12)4-6(14(16)17)13-9(7)18-2/h4,8H,3H2,1-2H3. The maximum absolute atomic E-state index is 12.9. The molecular formula is C10H10F2N2O5. The van der Waals surface area contributed by atoms with Crippen molar-refractivity contribution >= 4 is 11.8 Å². The Morgan fingerprint density at radius 3 is 2.63 bits per heavy atom. The van der Waals surface area contributed by atoms with Gasteiger partial charge in [-0.05, 0) is 11.8 Å². The number of carbonyl (C=O) groups excluding carboxylic acids is 1. The maximum atomic E-state index is 12.9. The van der Waals surface area contributed by atoms with Crippen LogP contribution in [0.5, 0.6) is 5.88 Å². The first kappa shape index (κ1) is 14.7. The minimum Gasteiger partial charge on any atom is -0.462 e. The van der Waals surface area contributed by atoms with Crippen LogP contribution in [0.3, 0.4) is 0 Å². The van der Waals surface area contributed by atoms with Crippen LogP contribution < -0.4 is 4.74 Å². The molecule has 0 atom stereocenters. The van der Waals surface area contributed by atoms with Gasteiger partial charge >= 0.3 is 17.7 Å². The van der Waals surface area contributed by atoms with Gasteiger partial charge in [0.1, 0.15) is 0 Å². The zero-order chi connectivity index (χ0) is 14.6. The third-order valence-electron chi connectivity index (χ3n) is 2.10. The van der Waals surface area contributed by atoms with Crippen LogP contribution in [0, 0.1) is 10.1 Å². The van der Waals surface area contributed by atoms with Gasteiger partial charge in [-0.2, -0.15) is 0 Å². The van der Waals surface area contributed by atoms with Crippen molar-refractivity contribution in [1.82, 2.24) is 4.98 Å². The molecule has 1 heterocycles. The van der Waals surface area contributed by atoms with E-state index in [-0.39, 0.29) is 6.61 Å². The number of nitro groups is 1.